The summed E-state index contributed by atoms with van der Waals surface area (Å²) in [4.78, 5) is 0. The molecule has 0 saturated carbocycles. The van der Waals surface area contributed by atoms with Crippen molar-refractivity contribution in [3.8, 4) is 0 Å². The van der Waals surface area contributed by atoms with Crippen LogP contribution in [-0.2, 0) is 6.54 Å². The second-order valence-electron chi connectivity index (χ2n) is 3.52. The van der Waals surface area contributed by atoms with Crippen molar-refractivity contribution in [3.63, 3.8) is 0 Å². The SMILES string of the molecule is CNCCNCCNCc1ccccc1. The normalized spacial score (nSPS) is 10.5. The molecule has 1 aromatic carbocycles. The van der Waals surface area contributed by atoms with Crippen molar-refractivity contribution in [3.05, 3.63) is 35.9 Å². The lowest BCUT2D eigenvalue weighted by molar-refractivity contribution is 0.599. The van der Waals surface area contributed by atoms with Crippen molar-refractivity contribution in [2.75, 3.05) is 33.2 Å². The summed E-state index contributed by atoms with van der Waals surface area (Å²) >= 11 is 0. The van der Waals surface area contributed by atoms with E-state index in [4.69, 9.17) is 0 Å². The molecule has 1 aromatic rings. The van der Waals surface area contributed by atoms with E-state index in [0.29, 0.717) is 0 Å². The van der Waals surface area contributed by atoms with Gasteiger partial charge in [-0.05, 0) is 12.6 Å². The Morgan fingerprint density at radius 2 is 1.53 bits per heavy atom. The van der Waals surface area contributed by atoms with E-state index in [1.807, 2.05) is 13.1 Å². The topological polar surface area (TPSA) is 36.1 Å². The second-order valence-corrected chi connectivity index (χ2v) is 3.52. The maximum atomic E-state index is 3.40. The number of nitrogens with one attached hydrogen (secondary N) is 3. The lowest BCUT2D eigenvalue weighted by Crippen LogP contribution is -2.31. The van der Waals surface area contributed by atoms with Gasteiger partial charge in [0.05, 0.1) is 0 Å². The number of benzene rings is 1. The van der Waals surface area contributed by atoms with Crippen LogP contribution in [0.25, 0.3) is 0 Å². The van der Waals surface area contributed by atoms with Crippen molar-refractivity contribution in [2.24, 2.45) is 0 Å². The predicted octanol–water partition coefficient (Wildman–Crippen LogP) is 0.585. The summed E-state index contributed by atoms with van der Waals surface area (Å²) in [5.41, 5.74) is 1.34. The Morgan fingerprint density at radius 3 is 2.27 bits per heavy atom. The van der Waals surface area contributed by atoms with Gasteiger partial charge in [-0.15, -0.1) is 0 Å². The van der Waals surface area contributed by atoms with Crippen LogP contribution in [0, 0.1) is 0 Å². The van der Waals surface area contributed by atoms with Gasteiger partial charge >= 0.3 is 0 Å². The zero-order chi connectivity index (χ0) is 10.8. The average molecular weight is 207 g/mol. The third-order valence-corrected chi connectivity index (χ3v) is 2.20. The van der Waals surface area contributed by atoms with Gasteiger partial charge in [0.25, 0.3) is 0 Å². The maximum Gasteiger partial charge on any atom is 0.0206 e. The molecule has 0 aliphatic rings. The molecule has 0 bridgehead atoms. The Hall–Kier alpha value is -0.900. The van der Waals surface area contributed by atoms with E-state index in [1.165, 1.54) is 5.56 Å². The summed E-state index contributed by atoms with van der Waals surface area (Å²) in [5, 5.41) is 9.84. The first kappa shape index (κ1) is 12.2. The second kappa shape index (κ2) is 8.41. The van der Waals surface area contributed by atoms with Gasteiger partial charge in [0.15, 0.2) is 0 Å². The summed E-state index contributed by atoms with van der Waals surface area (Å²) in [6.45, 7) is 5.05. The molecule has 84 valence electrons. The minimum atomic E-state index is 0.953. The maximum absolute atomic E-state index is 3.40. The first-order valence-corrected chi connectivity index (χ1v) is 5.53. The highest BCUT2D eigenvalue weighted by atomic mass is 15.0. The van der Waals surface area contributed by atoms with Crippen molar-refractivity contribution in [1.82, 2.24) is 16.0 Å². The lowest BCUT2D eigenvalue weighted by Gasteiger charge is -2.06. The van der Waals surface area contributed by atoms with E-state index in [1.54, 1.807) is 0 Å². The summed E-state index contributed by atoms with van der Waals surface area (Å²) in [6, 6.07) is 10.5. The Balaban J connectivity index is 1.93. The molecule has 0 heterocycles. The number of likely N-dealkylation sites (N-methyl/N-ethyl adjacent to an activating group) is 1. The van der Waals surface area contributed by atoms with Gasteiger partial charge in [0.2, 0.25) is 0 Å². The quantitative estimate of drug-likeness (QED) is 0.546. The Kier molecular flexibility index (Phi) is 6.83. The number of hydrogen-bond donors (Lipinski definition) is 3. The van der Waals surface area contributed by atoms with Crippen LogP contribution in [0.4, 0.5) is 0 Å². The molecule has 0 fully saturated rings. The number of rotatable bonds is 8. The molecule has 3 N–H and O–H groups in total. The summed E-state index contributed by atoms with van der Waals surface area (Å²) in [6.07, 6.45) is 0. The highest BCUT2D eigenvalue weighted by molar-refractivity contribution is 5.14. The van der Waals surface area contributed by atoms with Gasteiger partial charge in [-0.2, -0.15) is 0 Å². The molecule has 0 aliphatic heterocycles. The molecule has 0 aromatic heterocycles. The van der Waals surface area contributed by atoms with E-state index in [2.05, 4.69) is 40.2 Å². The minimum absolute atomic E-state index is 0.953. The lowest BCUT2D eigenvalue weighted by atomic mass is 10.2. The highest BCUT2D eigenvalue weighted by Crippen LogP contribution is 1.96. The van der Waals surface area contributed by atoms with Gasteiger partial charge in [-0.25, -0.2) is 0 Å². The molecule has 1 rings (SSSR count). The third kappa shape index (κ3) is 6.23. The van der Waals surface area contributed by atoms with E-state index in [0.717, 1.165) is 32.7 Å². The minimum Gasteiger partial charge on any atom is -0.318 e. The molecule has 3 heteroatoms. The summed E-state index contributed by atoms with van der Waals surface area (Å²) < 4.78 is 0. The fourth-order valence-corrected chi connectivity index (χ4v) is 1.34. The molecule has 0 amide bonds. The van der Waals surface area contributed by atoms with Gasteiger partial charge in [0.1, 0.15) is 0 Å². The van der Waals surface area contributed by atoms with Crippen LogP contribution in [0.3, 0.4) is 0 Å². The fourth-order valence-electron chi connectivity index (χ4n) is 1.34. The van der Waals surface area contributed by atoms with E-state index in [-0.39, 0.29) is 0 Å². The van der Waals surface area contributed by atoms with Crippen LogP contribution >= 0.6 is 0 Å². The van der Waals surface area contributed by atoms with Crippen LogP contribution in [0.1, 0.15) is 5.56 Å². The molecule has 0 aliphatic carbocycles. The predicted molar refractivity (Wildman–Crippen MR) is 64.9 cm³/mol. The van der Waals surface area contributed by atoms with E-state index in [9.17, 15) is 0 Å². The molecule has 3 nitrogen and oxygen atoms in total. The zero-order valence-corrected chi connectivity index (χ0v) is 9.42. The monoisotopic (exact) mass is 207 g/mol. The molecule has 0 radical (unpaired) electrons. The van der Waals surface area contributed by atoms with Crippen LogP contribution < -0.4 is 16.0 Å². The summed E-state index contributed by atoms with van der Waals surface area (Å²) in [7, 11) is 1.97. The summed E-state index contributed by atoms with van der Waals surface area (Å²) in [5.74, 6) is 0. The first-order valence-electron chi connectivity index (χ1n) is 5.53. The van der Waals surface area contributed by atoms with E-state index >= 15 is 0 Å². The van der Waals surface area contributed by atoms with Crippen molar-refractivity contribution in [1.29, 1.82) is 0 Å². The first-order chi connectivity index (χ1) is 7.43. The molecular formula is C12H21N3. The molecule has 0 atom stereocenters. The third-order valence-electron chi connectivity index (χ3n) is 2.20. The van der Waals surface area contributed by atoms with Crippen LogP contribution in [-0.4, -0.2) is 33.2 Å². The largest absolute Gasteiger partial charge is 0.318 e. The van der Waals surface area contributed by atoms with Crippen molar-refractivity contribution < 1.29 is 0 Å². The Morgan fingerprint density at radius 1 is 0.867 bits per heavy atom. The smallest absolute Gasteiger partial charge is 0.0206 e. The van der Waals surface area contributed by atoms with Crippen LogP contribution in [0.5, 0.6) is 0 Å². The zero-order valence-electron chi connectivity index (χ0n) is 9.42. The standard InChI is InChI=1S/C12H21N3/c1-13-7-8-14-9-10-15-11-12-5-3-2-4-6-12/h2-6,13-15H,7-11H2,1H3. The van der Waals surface area contributed by atoms with Crippen molar-refractivity contribution in [2.45, 2.75) is 6.54 Å². The number of hydrogen-bond acceptors (Lipinski definition) is 3. The molecular weight excluding hydrogens is 186 g/mol. The van der Waals surface area contributed by atoms with Crippen molar-refractivity contribution >= 4 is 0 Å². The average Bonchev–Trinajstić information content (AvgIpc) is 2.29. The van der Waals surface area contributed by atoms with Crippen LogP contribution in [0.15, 0.2) is 30.3 Å². The highest BCUT2D eigenvalue weighted by Gasteiger charge is 1.90. The van der Waals surface area contributed by atoms with Gasteiger partial charge < -0.3 is 16.0 Å². The molecule has 0 spiro atoms. The van der Waals surface area contributed by atoms with Gasteiger partial charge in [0, 0.05) is 32.7 Å². The Labute approximate surface area is 92.3 Å². The fraction of sp³-hybridized carbons (Fsp3) is 0.500. The Bertz CT molecular complexity index is 236. The van der Waals surface area contributed by atoms with E-state index < -0.39 is 0 Å². The van der Waals surface area contributed by atoms with Gasteiger partial charge in [-0.1, -0.05) is 30.3 Å². The molecule has 15 heavy (non-hydrogen) atoms. The molecule has 0 unspecified atom stereocenters. The van der Waals surface area contributed by atoms with Crippen LogP contribution in [0.2, 0.25) is 0 Å². The van der Waals surface area contributed by atoms with Gasteiger partial charge in [-0.3, -0.25) is 0 Å². The molecule has 0 saturated heterocycles.